The van der Waals surface area contributed by atoms with E-state index in [1.165, 1.54) is 0 Å². The minimum atomic E-state index is -4.55. The first-order valence-electron chi connectivity index (χ1n) is 2.91. The van der Waals surface area contributed by atoms with Gasteiger partial charge in [-0.25, -0.2) is 8.42 Å². The molecule has 0 bridgehead atoms. The van der Waals surface area contributed by atoms with Gasteiger partial charge in [-0.15, -0.1) is 10.2 Å². The minimum Gasteiger partial charge on any atom is -0.231 e. The van der Waals surface area contributed by atoms with E-state index in [1.54, 1.807) is 0 Å². The summed E-state index contributed by atoms with van der Waals surface area (Å²) >= 11 is 0.237. The molecule has 0 atom stereocenters. The van der Waals surface area contributed by atoms with E-state index < -0.39 is 27.6 Å². The summed E-state index contributed by atoms with van der Waals surface area (Å²) in [6.07, 6.45) is -4.55. The zero-order valence-corrected chi connectivity index (χ0v) is 7.62. The first-order valence-corrected chi connectivity index (χ1v) is 5.09. The van der Waals surface area contributed by atoms with Crippen LogP contribution in [-0.2, 0) is 22.6 Å². The second-order valence-corrected chi connectivity index (χ2v) is 4.03. The lowest BCUT2D eigenvalue weighted by Crippen LogP contribution is -2.03. The van der Waals surface area contributed by atoms with Gasteiger partial charge in [0.1, 0.15) is 21.5 Å². The molecule has 0 aliphatic heterocycles. The lowest BCUT2D eigenvalue weighted by molar-refractivity contribution is -0.138. The van der Waals surface area contributed by atoms with E-state index in [9.17, 15) is 21.6 Å². The maximum atomic E-state index is 11.9. The van der Waals surface area contributed by atoms with Crippen LogP contribution >= 0.6 is 11.3 Å². The molecule has 0 aliphatic carbocycles. The lowest BCUT2D eigenvalue weighted by atomic mass is 10.7. The van der Waals surface area contributed by atoms with Gasteiger partial charge in [-0.05, 0) is 0 Å². The van der Waals surface area contributed by atoms with Crippen molar-refractivity contribution in [3.05, 3.63) is 10.0 Å². The van der Waals surface area contributed by atoms with E-state index in [0.29, 0.717) is 0 Å². The van der Waals surface area contributed by atoms with Crippen LogP contribution in [0.5, 0.6) is 0 Å². The van der Waals surface area contributed by atoms with E-state index in [4.69, 9.17) is 0 Å². The van der Waals surface area contributed by atoms with Gasteiger partial charge in [-0.1, -0.05) is 11.3 Å². The fourth-order valence-corrected chi connectivity index (χ4v) is 1.90. The fraction of sp³-hybridized carbons (Fsp3) is 0.500. The average molecular weight is 232 g/mol. The Labute approximate surface area is 76.4 Å². The molecule has 0 saturated heterocycles. The Kier molecular flexibility index (Phi) is 2.86. The molecule has 1 heterocycles. The molecule has 9 heteroatoms. The summed E-state index contributed by atoms with van der Waals surface area (Å²) in [5.74, 6) is -0.497. The van der Waals surface area contributed by atoms with Crippen LogP contribution in [0.2, 0.25) is 0 Å². The smallest absolute Gasteiger partial charge is 0.231 e. The highest BCUT2D eigenvalue weighted by molar-refractivity contribution is 7.71. The molecule has 4 nitrogen and oxygen atoms in total. The Morgan fingerprint density at radius 3 is 2.31 bits per heavy atom. The number of nitrogens with zero attached hydrogens (tertiary/aromatic N) is 2. The Balaban J connectivity index is 2.87. The zero-order valence-electron chi connectivity index (χ0n) is 5.91. The van der Waals surface area contributed by atoms with E-state index in [-0.39, 0.29) is 16.3 Å². The first kappa shape index (κ1) is 10.4. The van der Waals surface area contributed by atoms with Gasteiger partial charge in [-0.3, -0.25) is 0 Å². The fourth-order valence-electron chi connectivity index (χ4n) is 0.542. The van der Waals surface area contributed by atoms with Crippen LogP contribution in [-0.4, -0.2) is 18.6 Å². The van der Waals surface area contributed by atoms with Crippen molar-refractivity contribution >= 4 is 22.0 Å². The molecule has 1 aromatic heterocycles. The molecule has 0 amide bonds. The van der Waals surface area contributed by atoms with Gasteiger partial charge in [0, 0.05) is 0 Å². The molecule has 1 rings (SSSR count). The van der Waals surface area contributed by atoms with Crippen LogP contribution in [0.1, 0.15) is 10.0 Å². The number of hydrogen-bond acceptors (Lipinski definition) is 5. The average Bonchev–Trinajstić information content (AvgIpc) is 2.32. The molecule has 0 aromatic carbocycles. The first-order chi connectivity index (χ1) is 5.89. The standard InChI is InChI=1S/C4H3F3N2O2S2/c5-4(6,7)3-9-8-2(12-3)1-13(10)11/h13H,1H2. The number of alkyl halides is 3. The van der Waals surface area contributed by atoms with Crippen LogP contribution in [0.25, 0.3) is 0 Å². The summed E-state index contributed by atoms with van der Waals surface area (Å²) in [6.45, 7) is 0. The van der Waals surface area contributed by atoms with Crippen LogP contribution in [0.4, 0.5) is 13.2 Å². The SMILES string of the molecule is O=[SH](=O)Cc1nnc(C(F)(F)F)s1. The Hall–Kier alpha value is -0.700. The summed E-state index contributed by atoms with van der Waals surface area (Å²) in [7, 11) is -2.76. The van der Waals surface area contributed by atoms with Crippen molar-refractivity contribution in [2.45, 2.75) is 11.9 Å². The summed E-state index contributed by atoms with van der Waals surface area (Å²) in [5, 5.41) is 4.63. The predicted octanol–water partition coefficient (Wildman–Crippen LogP) is 0.668. The van der Waals surface area contributed by atoms with Crippen molar-refractivity contribution in [3.8, 4) is 0 Å². The maximum absolute atomic E-state index is 11.9. The Bertz CT molecular complexity index is 362. The van der Waals surface area contributed by atoms with E-state index in [1.807, 2.05) is 0 Å². The van der Waals surface area contributed by atoms with Crippen LogP contribution in [0, 0.1) is 0 Å². The van der Waals surface area contributed by atoms with Crippen LogP contribution in [0.3, 0.4) is 0 Å². The summed E-state index contributed by atoms with van der Waals surface area (Å²) in [4.78, 5) is 0. The minimum absolute atomic E-state index is 0.150. The van der Waals surface area contributed by atoms with Gasteiger partial charge in [0.15, 0.2) is 0 Å². The number of aromatic nitrogens is 2. The molecule has 0 spiro atoms. The topological polar surface area (TPSA) is 59.9 Å². The van der Waals surface area contributed by atoms with Crippen molar-refractivity contribution in [1.82, 2.24) is 10.2 Å². The second kappa shape index (κ2) is 3.58. The highest BCUT2D eigenvalue weighted by Gasteiger charge is 2.35. The summed E-state index contributed by atoms with van der Waals surface area (Å²) in [6, 6.07) is 0. The van der Waals surface area contributed by atoms with Gasteiger partial charge in [0.05, 0.1) is 0 Å². The van der Waals surface area contributed by atoms with Crippen molar-refractivity contribution in [2.24, 2.45) is 0 Å². The van der Waals surface area contributed by atoms with E-state index in [0.717, 1.165) is 0 Å². The van der Waals surface area contributed by atoms with E-state index >= 15 is 0 Å². The summed E-state index contributed by atoms with van der Waals surface area (Å²) < 4.78 is 55.9. The largest absolute Gasteiger partial charge is 0.445 e. The van der Waals surface area contributed by atoms with Crippen molar-refractivity contribution in [3.63, 3.8) is 0 Å². The molecule has 0 saturated carbocycles. The van der Waals surface area contributed by atoms with Crippen molar-refractivity contribution in [1.29, 1.82) is 0 Å². The number of rotatable bonds is 2. The number of thiol groups is 1. The van der Waals surface area contributed by atoms with Crippen molar-refractivity contribution in [2.75, 3.05) is 0 Å². The van der Waals surface area contributed by atoms with Crippen molar-refractivity contribution < 1.29 is 21.6 Å². The second-order valence-electron chi connectivity index (χ2n) is 1.99. The van der Waals surface area contributed by atoms with Gasteiger partial charge in [-0.2, -0.15) is 13.2 Å². The molecule has 13 heavy (non-hydrogen) atoms. The van der Waals surface area contributed by atoms with Gasteiger partial charge >= 0.3 is 6.18 Å². The van der Waals surface area contributed by atoms with Gasteiger partial charge in [0.2, 0.25) is 5.01 Å². The van der Waals surface area contributed by atoms with Crippen LogP contribution < -0.4 is 0 Å². The quantitative estimate of drug-likeness (QED) is 0.761. The van der Waals surface area contributed by atoms with E-state index in [2.05, 4.69) is 10.2 Å². The van der Waals surface area contributed by atoms with Gasteiger partial charge < -0.3 is 0 Å². The molecule has 0 aliphatic rings. The molecule has 0 N–H and O–H groups in total. The molecule has 0 radical (unpaired) electrons. The molecule has 1 aromatic rings. The van der Waals surface area contributed by atoms with Gasteiger partial charge in [0.25, 0.3) is 0 Å². The third-order valence-electron chi connectivity index (χ3n) is 0.974. The Morgan fingerprint density at radius 2 is 1.92 bits per heavy atom. The predicted molar refractivity (Wildman–Crippen MR) is 38.9 cm³/mol. The van der Waals surface area contributed by atoms with Crippen LogP contribution in [0.15, 0.2) is 0 Å². The lowest BCUT2D eigenvalue weighted by Gasteiger charge is -1.97. The molecular formula is C4H3F3N2O2S2. The monoisotopic (exact) mass is 232 g/mol. The molecular weight excluding hydrogens is 229 g/mol. The molecule has 74 valence electrons. The number of halogens is 3. The maximum Gasteiger partial charge on any atom is 0.445 e. The highest BCUT2D eigenvalue weighted by Crippen LogP contribution is 2.31. The summed E-state index contributed by atoms with van der Waals surface area (Å²) in [5.41, 5.74) is 0. The zero-order chi connectivity index (χ0) is 10.1. The highest BCUT2D eigenvalue weighted by atomic mass is 32.2. The third kappa shape index (κ3) is 2.92. The molecule has 0 unspecified atom stereocenters. The molecule has 0 fully saturated rings. The number of hydrogen-bond donors (Lipinski definition) is 1. The Morgan fingerprint density at radius 1 is 1.31 bits per heavy atom. The third-order valence-corrected chi connectivity index (χ3v) is 2.71. The normalized spacial score (nSPS) is 12.3.